The predicted molar refractivity (Wildman–Crippen MR) is 43.1 cm³/mol. The van der Waals surface area contributed by atoms with Crippen molar-refractivity contribution >= 4 is 43.9 Å². The zero-order chi connectivity index (χ0) is 6.78. The van der Waals surface area contributed by atoms with Crippen molar-refractivity contribution in [3.05, 3.63) is 0 Å². The molecule has 50 valence electrons. The molecule has 0 saturated carbocycles. The Labute approximate surface area is 93.8 Å². The van der Waals surface area contributed by atoms with Gasteiger partial charge >= 0.3 is 35.5 Å². The summed E-state index contributed by atoms with van der Waals surface area (Å²) < 4.78 is -0.994. The van der Waals surface area contributed by atoms with Crippen LogP contribution in [0, 0.1) is 0 Å². The smallest absolute Gasteiger partial charge is 1.00 e. The number of thiol groups is 3. The van der Waals surface area contributed by atoms with Crippen LogP contribution in [0.3, 0.4) is 0 Å². The molecule has 9 heavy (non-hydrogen) atoms. The van der Waals surface area contributed by atoms with Gasteiger partial charge in [-0.05, 0) is 0 Å². The van der Waals surface area contributed by atoms with Crippen LogP contribution in [0.15, 0.2) is 0 Å². The van der Waals surface area contributed by atoms with Gasteiger partial charge in [-0.25, -0.2) is 0 Å². The number of carboxylic acids is 1. The van der Waals surface area contributed by atoms with Crippen molar-refractivity contribution < 1.29 is 40.9 Å². The second-order valence-electron chi connectivity index (χ2n) is 1.34. The number of hydrogen-bond donors (Lipinski definition) is 4. The van der Waals surface area contributed by atoms with Gasteiger partial charge in [0.05, 0.1) is 6.42 Å². The molecule has 0 fully saturated rings. The Morgan fingerprint density at radius 3 is 1.89 bits per heavy atom. The van der Waals surface area contributed by atoms with Crippen molar-refractivity contribution in [1.29, 1.82) is 0 Å². The van der Waals surface area contributed by atoms with Gasteiger partial charge in [0.1, 0.15) is 3.41 Å². The van der Waals surface area contributed by atoms with E-state index in [2.05, 4.69) is 37.9 Å². The molecule has 0 atom stereocenters. The normalized spacial score (nSPS) is 10.1. The number of rotatable bonds is 2. The number of carboxylic acid groups (broad SMARTS) is 1. The van der Waals surface area contributed by atoms with Crippen LogP contribution in [-0.4, -0.2) is 14.5 Å². The molecule has 6 heteroatoms. The summed E-state index contributed by atoms with van der Waals surface area (Å²) in [7, 11) is 0. The number of aliphatic carboxylic acids is 1. The quantitative estimate of drug-likeness (QED) is 0.234. The molecular weight excluding hydrogens is 187 g/mol. The molecule has 0 aromatic rings. The molecule has 0 aromatic heterocycles. The average Bonchev–Trinajstić information content (AvgIpc) is 1.21. The van der Waals surface area contributed by atoms with Gasteiger partial charge < -0.3 is 6.53 Å². The number of hydrogen-bond acceptors (Lipinski definition) is 4. The van der Waals surface area contributed by atoms with Crippen LogP contribution in [0.25, 0.3) is 0 Å². The number of carbonyl (C=O) groups is 1. The first-order valence-electron chi connectivity index (χ1n) is 1.81. The third kappa shape index (κ3) is 12.7. The van der Waals surface area contributed by atoms with Crippen molar-refractivity contribution in [2.75, 3.05) is 0 Å². The predicted octanol–water partition coefficient (Wildman–Crippen LogP) is -1.98. The second kappa shape index (κ2) is 5.21. The van der Waals surface area contributed by atoms with E-state index in [4.69, 9.17) is 5.11 Å². The molecule has 0 spiro atoms. The SMILES string of the molecule is O=C(O)CC(S)(S)S.[H-].[Na+]. The van der Waals surface area contributed by atoms with E-state index in [1.54, 1.807) is 0 Å². The van der Waals surface area contributed by atoms with Crippen molar-refractivity contribution in [3.63, 3.8) is 0 Å². The van der Waals surface area contributed by atoms with E-state index in [-0.39, 0.29) is 37.4 Å². The molecular formula is C3H7NaO2S3. The molecule has 0 aliphatic rings. The molecule has 0 aliphatic heterocycles. The van der Waals surface area contributed by atoms with E-state index >= 15 is 0 Å². The Kier molecular flexibility index (Phi) is 7.60. The van der Waals surface area contributed by atoms with Gasteiger partial charge in [-0.2, -0.15) is 37.9 Å². The molecule has 0 unspecified atom stereocenters. The maximum absolute atomic E-state index is 9.87. The minimum absolute atomic E-state index is 0. The van der Waals surface area contributed by atoms with Crippen LogP contribution in [0.2, 0.25) is 0 Å². The third-order valence-electron chi connectivity index (χ3n) is 0.388. The van der Waals surface area contributed by atoms with Crippen molar-refractivity contribution in [2.24, 2.45) is 0 Å². The van der Waals surface area contributed by atoms with Gasteiger partial charge in [0.2, 0.25) is 0 Å². The van der Waals surface area contributed by atoms with E-state index in [0.717, 1.165) is 0 Å². The Morgan fingerprint density at radius 2 is 1.89 bits per heavy atom. The maximum atomic E-state index is 9.87. The van der Waals surface area contributed by atoms with E-state index in [0.29, 0.717) is 0 Å². The molecule has 2 nitrogen and oxygen atoms in total. The van der Waals surface area contributed by atoms with Gasteiger partial charge in [-0.1, -0.05) is 0 Å². The van der Waals surface area contributed by atoms with Gasteiger partial charge in [-0.3, -0.25) is 4.79 Å². The summed E-state index contributed by atoms with van der Waals surface area (Å²) in [4.78, 5) is 9.87. The summed E-state index contributed by atoms with van der Waals surface area (Å²) in [5, 5.41) is 8.10. The van der Waals surface area contributed by atoms with Gasteiger partial charge in [-0.15, -0.1) is 0 Å². The average molecular weight is 194 g/mol. The van der Waals surface area contributed by atoms with Crippen LogP contribution in [-0.2, 0) is 4.79 Å². The molecule has 1 N–H and O–H groups in total. The minimum Gasteiger partial charge on any atom is -1.00 e. The minimum atomic E-state index is -0.994. The van der Waals surface area contributed by atoms with E-state index < -0.39 is 9.38 Å². The Balaban J connectivity index is -0.000000245. The summed E-state index contributed by atoms with van der Waals surface area (Å²) >= 11 is 11.2. The van der Waals surface area contributed by atoms with Crippen LogP contribution in [0.5, 0.6) is 0 Å². The van der Waals surface area contributed by atoms with Crippen molar-refractivity contribution in [3.8, 4) is 0 Å². The zero-order valence-electron chi connectivity index (χ0n) is 5.90. The van der Waals surface area contributed by atoms with Gasteiger partial charge in [0.15, 0.2) is 0 Å². The molecule has 0 rings (SSSR count). The van der Waals surface area contributed by atoms with Crippen molar-refractivity contribution in [2.45, 2.75) is 9.83 Å². The van der Waals surface area contributed by atoms with Crippen LogP contribution in [0.1, 0.15) is 7.85 Å². The molecule has 0 bridgehead atoms. The standard InChI is InChI=1S/C3H6O2S3.Na.H/c4-2(5)1-3(6,7)8;;/h6-8H,1H2,(H,4,5);;/q;+1;-1. The molecule has 0 amide bonds. The van der Waals surface area contributed by atoms with E-state index in [1.165, 1.54) is 0 Å². The second-order valence-corrected chi connectivity index (χ2v) is 4.69. The monoisotopic (exact) mass is 194 g/mol. The third-order valence-corrected chi connectivity index (χ3v) is 0.863. The molecule has 0 saturated heterocycles. The fourth-order valence-electron chi connectivity index (χ4n) is 0.203. The van der Waals surface area contributed by atoms with Crippen LogP contribution >= 0.6 is 37.9 Å². The fraction of sp³-hybridized carbons (Fsp3) is 0.667. The first kappa shape index (κ1) is 13.1. The summed E-state index contributed by atoms with van der Waals surface area (Å²) in [6, 6.07) is 0. The van der Waals surface area contributed by atoms with Gasteiger partial charge in [0, 0.05) is 0 Å². The largest absolute Gasteiger partial charge is 1.00 e. The fourth-order valence-corrected chi connectivity index (χ4v) is 0.609. The van der Waals surface area contributed by atoms with Crippen LogP contribution in [0.4, 0.5) is 0 Å². The van der Waals surface area contributed by atoms with Crippen molar-refractivity contribution in [1.82, 2.24) is 0 Å². The summed E-state index contributed by atoms with van der Waals surface area (Å²) in [6.45, 7) is 0. The summed E-state index contributed by atoms with van der Waals surface area (Å²) in [5.41, 5.74) is 0. The van der Waals surface area contributed by atoms with Gasteiger partial charge in [0.25, 0.3) is 0 Å². The topological polar surface area (TPSA) is 37.3 Å². The summed E-state index contributed by atoms with van der Waals surface area (Å²) in [6.07, 6.45) is -0.164. The van der Waals surface area contributed by atoms with Crippen LogP contribution < -0.4 is 29.6 Å². The zero-order valence-corrected chi connectivity index (χ0v) is 9.59. The van der Waals surface area contributed by atoms with E-state index in [1.807, 2.05) is 0 Å². The first-order chi connectivity index (χ1) is 3.42. The molecule has 0 aliphatic carbocycles. The Morgan fingerprint density at radius 1 is 1.56 bits per heavy atom. The molecule has 0 radical (unpaired) electrons. The first-order valence-corrected chi connectivity index (χ1v) is 3.15. The Hall–Kier alpha value is 1.52. The molecule has 0 heterocycles. The molecule has 0 aromatic carbocycles. The Bertz CT molecular complexity index is 104. The van der Waals surface area contributed by atoms with E-state index in [9.17, 15) is 4.79 Å². The summed E-state index contributed by atoms with van der Waals surface area (Å²) in [5.74, 6) is -0.954. The maximum Gasteiger partial charge on any atom is 1.00 e.